The third kappa shape index (κ3) is 3.70. The van der Waals surface area contributed by atoms with Gasteiger partial charge in [-0.25, -0.2) is 9.18 Å². The van der Waals surface area contributed by atoms with E-state index in [-0.39, 0.29) is 19.0 Å². The molecule has 0 aliphatic heterocycles. The van der Waals surface area contributed by atoms with Gasteiger partial charge in [-0.2, -0.15) is 0 Å². The number of aryl methyl sites for hydroxylation is 1. The fraction of sp³-hybridized carbons (Fsp3) is 0.462. The molecule has 1 atom stereocenters. The number of carbonyl (C=O) groups is 1. The highest BCUT2D eigenvalue weighted by atomic mass is 19.1. The Morgan fingerprint density at radius 2 is 2.17 bits per heavy atom. The predicted octanol–water partition coefficient (Wildman–Crippen LogP) is 1.79. The summed E-state index contributed by atoms with van der Waals surface area (Å²) in [7, 11) is 0. The minimum atomic E-state index is -1.22. The van der Waals surface area contributed by atoms with Gasteiger partial charge in [-0.05, 0) is 44.5 Å². The van der Waals surface area contributed by atoms with Crippen molar-refractivity contribution in [2.45, 2.75) is 26.3 Å². The standard InChI is InChI=1S/C13H18FNO3/c1-4-17-12(16)13(3,15)8-18-10-5-6-11(14)9(2)7-10/h5-7H,4,8,15H2,1-3H3. The third-order valence-electron chi connectivity index (χ3n) is 2.41. The lowest BCUT2D eigenvalue weighted by Crippen LogP contribution is -2.51. The fourth-order valence-corrected chi connectivity index (χ4v) is 1.30. The molecule has 100 valence electrons. The Kier molecular flexibility index (Phi) is 4.67. The van der Waals surface area contributed by atoms with Crippen LogP contribution in [-0.4, -0.2) is 24.7 Å². The number of nitrogens with two attached hydrogens (primary N) is 1. The molecule has 0 heterocycles. The molecule has 0 spiro atoms. The Bertz CT molecular complexity index is 432. The lowest BCUT2D eigenvalue weighted by atomic mass is 10.1. The van der Waals surface area contributed by atoms with Crippen molar-refractivity contribution in [2.75, 3.05) is 13.2 Å². The summed E-state index contributed by atoms with van der Waals surface area (Å²) in [6.07, 6.45) is 0. The van der Waals surface area contributed by atoms with Crippen LogP contribution in [0.4, 0.5) is 4.39 Å². The summed E-state index contributed by atoms with van der Waals surface area (Å²) in [5.41, 5.74) is 5.04. The minimum absolute atomic E-state index is 0.0308. The van der Waals surface area contributed by atoms with Crippen LogP contribution < -0.4 is 10.5 Å². The summed E-state index contributed by atoms with van der Waals surface area (Å²) in [6, 6.07) is 4.35. The Hall–Kier alpha value is -1.62. The highest BCUT2D eigenvalue weighted by molar-refractivity contribution is 5.80. The van der Waals surface area contributed by atoms with Crippen LogP contribution >= 0.6 is 0 Å². The van der Waals surface area contributed by atoms with Crippen molar-refractivity contribution in [1.29, 1.82) is 0 Å². The quantitative estimate of drug-likeness (QED) is 0.815. The Labute approximate surface area is 106 Å². The van der Waals surface area contributed by atoms with Crippen molar-refractivity contribution >= 4 is 5.97 Å². The molecule has 0 bridgehead atoms. The van der Waals surface area contributed by atoms with Crippen LogP contribution in [0.1, 0.15) is 19.4 Å². The van der Waals surface area contributed by atoms with Crippen molar-refractivity contribution in [3.05, 3.63) is 29.6 Å². The molecule has 0 fully saturated rings. The lowest BCUT2D eigenvalue weighted by molar-refractivity contribution is -0.150. The zero-order chi connectivity index (χ0) is 13.8. The molecule has 0 amide bonds. The van der Waals surface area contributed by atoms with E-state index in [9.17, 15) is 9.18 Å². The predicted molar refractivity (Wildman–Crippen MR) is 65.9 cm³/mol. The molecule has 0 radical (unpaired) electrons. The molecule has 0 aromatic heterocycles. The van der Waals surface area contributed by atoms with E-state index in [0.717, 1.165) is 0 Å². The molecule has 4 nitrogen and oxygen atoms in total. The van der Waals surface area contributed by atoms with Crippen molar-refractivity contribution < 1.29 is 18.7 Å². The van der Waals surface area contributed by atoms with Gasteiger partial charge in [0.2, 0.25) is 0 Å². The fourth-order valence-electron chi connectivity index (χ4n) is 1.30. The first-order chi connectivity index (χ1) is 8.36. The van der Waals surface area contributed by atoms with Gasteiger partial charge < -0.3 is 15.2 Å². The normalized spacial score (nSPS) is 13.8. The molecule has 0 aliphatic carbocycles. The monoisotopic (exact) mass is 255 g/mol. The maximum Gasteiger partial charge on any atom is 0.329 e. The molecular formula is C13H18FNO3. The zero-order valence-corrected chi connectivity index (χ0v) is 10.8. The van der Waals surface area contributed by atoms with Crippen LogP contribution in [0.5, 0.6) is 5.75 Å². The van der Waals surface area contributed by atoms with E-state index in [1.807, 2.05) is 0 Å². The average molecular weight is 255 g/mol. The van der Waals surface area contributed by atoms with Crippen molar-refractivity contribution in [3.63, 3.8) is 0 Å². The van der Waals surface area contributed by atoms with E-state index in [4.69, 9.17) is 15.2 Å². The highest BCUT2D eigenvalue weighted by Crippen LogP contribution is 2.17. The second-order valence-electron chi connectivity index (χ2n) is 4.34. The van der Waals surface area contributed by atoms with E-state index >= 15 is 0 Å². The molecule has 1 rings (SSSR count). The first kappa shape index (κ1) is 14.4. The van der Waals surface area contributed by atoms with E-state index in [1.165, 1.54) is 19.1 Å². The van der Waals surface area contributed by atoms with Crippen LogP contribution in [0.25, 0.3) is 0 Å². The van der Waals surface area contributed by atoms with E-state index in [1.54, 1.807) is 19.9 Å². The number of halogens is 1. The first-order valence-electron chi connectivity index (χ1n) is 5.72. The van der Waals surface area contributed by atoms with Crippen molar-refractivity contribution in [2.24, 2.45) is 5.73 Å². The highest BCUT2D eigenvalue weighted by Gasteiger charge is 2.31. The van der Waals surface area contributed by atoms with Gasteiger partial charge in [-0.1, -0.05) is 0 Å². The van der Waals surface area contributed by atoms with Gasteiger partial charge in [0.05, 0.1) is 6.61 Å². The largest absolute Gasteiger partial charge is 0.491 e. The summed E-state index contributed by atoms with van der Waals surface area (Å²) in [5.74, 6) is -0.359. The van der Waals surface area contributed by atoms with E-state index < -0.39 is 11.5 Å². The smallest absolute Gasteiger partial charge is 0.329 e. The van der Waals surface area contributed by atoms with Gasteiger partial charge in [-0.15, -0.1) is 0 Å². The molecule has 2 N–H and O–H groups in total. The molecule has 1 unspecified atom stereocenters. The summed E-state index contributed by atoms with van der Waals surface area (Å²) >= 11 is 0. The summed E-state index contributed by atoms with van der Waals surface area (Å²) in [6.45, 7) is 5.10. The van der Waals surface area contributed by atoms with Gasteiger partial charge in [0.1, 0.15) is 23.7 Å². The topological polar surface area (TPSA) is 61.5 Å². The van der Waals surface area contributed by atoms with E-state index in [2.05, 4.69) is 0 Å². The van der Waals surface area contributed by atoms with Crippen LogP contribution in [0.15, 0.2) is 18.2 Å². The van der Waals surface area contributed by atoms with Crippen LogP contribution in [0.2, 0.25) is 0 Å². The van der Waals surface area contributed by atoms with E-state index in [0.29, 0.717) is 11.3 Å². The number of esters is 1. The van der Waals surface area contributed by atoms with Gasteiger partial charge in [0.25, 0.3) is 0 Å². The third-order valence-corrected chi connectivity index (χ3v) is 2.41. The Balaban J connectivity index is 2.63. The second-order valence-corrected chi connectivity index (χ2v) is 4.34. The summed E-state index contributed by atoms with van der Waals surface area (Å²) < 4.78 is 23.3. The van der Waals surface area contributed by atoms with Crippen LogP contribution in [0, 0.1) is 12.7 Å². The summed E-state index contributed by atoms with van der Waals surface area (Å²) in [5, 5.41) is 0. The molecular weight excluding hydrogens is 237 g/mol. The van der Waals surface area contributed by atoms with Gasteiger partial charge in [0, 0.05) is 0 Å². The van der Waals surface area contributed by atoms with Crippen molar-refractivity contribution in [1.82, 2.24) is 0 Å². The minimum Gasteiger partial charge on any atom is -0.491 e. The molecule has 0 saturated heterocycles. The maximum absolute atomic E-state index is 13.0. The zero-order valence-electron chi connectivity index (χ0n) is 10.8. The van der Waals surface area contributed by atoms with Crippen LogP contribution in [-0.2, 0) is 9.53 Å². The van der Waals surface area contributed by atoms with Gasteiger partial charge >= 0.3 is 5.97 Å². The molecule has 5 heteroatoms. The number of hydrogen-bond donors (Lipinski definition) is 1. The maximum atomic E-state index is 13.0. The SMILES string of the molecule is CCOC(=O)C(C)(N)COc1ccc(F)c(C)c1. The van der Waals surface area contributed by atoms with Crippen molar-refractivity contribution in [3.8, 4) is 5.75 Å². The van der Waals surface area contributed by atoms with Crippen LogP contribution in [0.3, 0.4) is 0 Å². The number of ether oxygens (including phenoxy) is 2. The molecule has 1 aromatic carbocycles. The van der Waals surface area contributed by atoms with Gasteiger partial charge in [-0.3, -0.25) is 0 Å². The molecule has 0 aliphatic rings. The Morgan fingerprint density at radius 1 is 1.50 bits per heavy atom. The number of carbonyl (C=O) groups excluding carboxylic acids is 1. The molecule has 1 aromatic rings. The lowest BCUT2D eigenvalue weighted by Gasteiger charge is -2.22. The number of rotatable bonds is 5. The molecule has 0 saturated carbocycles. The first-order valence-corrected chi connectivity index (χ1v) is 5.72. The average Bonchev–Trinajstić information content (AvgIpc) is 2.31. The Morgan fingerprint density at radius 3 is 2.72 bits per heavy atom. The molecule has 18 heavy (non-hydrogen) atoms. The number of hydrogen-bond acceptors (Lipinski definition) is 4. The van der Waals surface area contributed by atoms with Gasteiger partial charge in [0.15, 0.2) is 0 Å². The second kappa shape index (κ2) is 5.82. The number of benzene rings is 1. The summed E-state index contributed by atoms with van der Waals surface area (Å²) in [4.78, 5) is 11.5.